The quantitative estimate of drug-likeness (QED) is 0.452. The lowest BCUT2D eigenvalue weighted by Crippen LogP contribution is -2.34. The van der Waals surface area contributed by atoms with E-state index in [2.05, 4.69) is 39.6 Å². The fourth-order valence-electron chi connectivity index (χ4n) is 3.73. The number of carbonyl (C=O) groups is 1. The molecule has 146 valence electrons. The highest BCUT2D eigenvalue weighted by Crippen LogP contribution is 2.39. The van der Waals surface area contributed by atoms with Crippen LogP contribution in [0, 0.1) is 17.2 Å². The molecule has 1 aliphatic carbocycles. The van der Waals surface area contributed by atoms with Gasteiger partial charge in [-0.15, -0.1) is 11.3 Å². The number of halogens is 1. The van der Waals surface area contributed by atoms with Gasteiger partial charge in [0.2, 0.25) is 0 Å². The molecule has 0 unspecified atom stereocenters. The van der Waals surface area contributed by atoms with Crippen molar-refractivity contribution in [2.75, 3.05) is 5.32 Å². The summed E-state index contributed by atoms with van der Waals surface area (Å²) >= 11 is 10.5. The third kappa shape index (κ3) is 3.93. The minimum Gasteiger partial charge on any atom is -0.323 e. The first-order valence-electron chi connectivity index (χ1n) is 9.32. The number of nitrogens with one attached hydrogen (secondary N) is 2. The van der Waals surface area contributed by atoms with Gasteiger partial charge in [0.1, 0.15) is 11.1 Å². The lowest BCUT2D eigenvalue weighted by molar-refractivity contribution is 0.0979. The SMILES string of the molecule is C[C@H]1CCc2c(sc(NC(=S)NC(=O)c3cccc4c(Br)cccc34)c2C#N)C1. The lowest BCUT2D eigenvalue weighted by atomic mass is 9.89. The Balaban J connectivity index is 1.55. The van der Waals surface area contributed by atoms with Crippen molar-refractivity contribution in [3.8, 4) is 6.07 Å². The van der Waals surface area contributed by atoms with Gasteiger partial charge in [0.15, 0.2) is 5.11 Å². The maximum Gasteiger partial charge on any atom is 0.258 e. The number of hydrogen-bond donors (Lipinski definition) is 2. The summed E-state index contributed by atoms with van der Waals surface area (Å²) in [6.07, 6.45) is 3.00. The van der Waals surface area contributed by atoms with Crippen LogP contribution < -0.4 is 10.6 Å². The van der Waals surface area contributed by atoms with E-state index in [1.165, 1.54) is 4.88 Å². The lowest BCUT2D eigenvalue weighted by Gasteiger charge is -2.17. The molecule has 2 aromatic carbocycles. The Bertz CT molecular complexity index is 1180. The Labute approximate surface area is 187 Å². The molecule has 0 saturated carbocycles. The van der Waals surface area contributed by atoms with Gasteiger partial charge in [-0.05, 0) is 65.9 Å². The molecule has 1 aliphatic rings. The Morgan fingerprint density at radius 1 is 1.28 bits per heavy atom. The van der Waals surface area contributed by atoms with Gasteiger partial charge in [0.05, 0.1) is 5.56 Å². The number of benzene rings is 2. The van der Waals surface area contributed by atoms with Crippen molar-refractivity contribution in [3.05, 3.63) is 62.4 Å². The predicted molar refractivity (Wildman–Crippen MR) is 126 cm³/mol. The molecule has 3 aromatic rings. The predicted octanol–water partition coefficient (Wildman–Crippen LogP) is 5.79. The summed E-state index contributed by atoms with van der Waals surface area (Å²) < 4.78 is 0.933. The Kier molecular flexibility index (Phi) is 5.68. The van der Waals surface area contributed by atoms with E-state index in [1.807, 2.05) is 30.3 Å². The average Bonchev–Trinajstić information content (AvgIpc) is 3.03. The molecule has 0 bridgehead atoms. The molecular weight excluding hydrogens is 466 g/mol. The number of thiocarbonyl (C=S) groups is 1. The van der Waals surface area contributed by atoms with E-state index in [0.717, 1.165) is 45.1 Å². The second kappa shape index (κ2) is 8.23. The van der Waals surface area contributed by atoms with Crippen molar-refractivity contribution < 1.29 is 4.79 Å². The third-order valence-electron chi connectivity index (χ3n) is 5.19. The molecule has 0 spiro atoms. The molecular formula is C22H18BrN3OS2. The maximum atomic E-state index is 12.8. The molecule has 4 nitrogen and oxygen atoms in total. The van der Waals surface area contributed by atoms with E-state index in [1.54, 1.807) is 17.4 Å². The molecule has 0 fully saturated rings. The fraction of sp³-hybridized carbons (Fsp3) is 0.227. The van der Waals surface area contributed by atoms with Gasteiger partial charge in [0, 0.05) is 14.9 Å². The number of amides is 1. The number of nitrogens with zero attached hydrogens (tertiary/aromatic N) is 1. The van der Waals surface area contributed by atoms with Gasteiger partial charge in [-0.25, -0.2) is 0 Å². The zero-order valence-electron chi connectivity index (χ0n) is 15.7. The smallest absolute Gasteiger partial charge is 0.258 e. The molecule has 4 rings (SSSR count). The number of fused-ring (bicyclic) bond motifs is 2. The van der Waals surface area contributed by atoms with Gasteiger partial charge < -0.3 is 5.32 Å². The normalized spacial score (nSPS) is 15.4. The summed E-state index contributed by atoms with van der Waals surface area (Å²) in [5.41, 5.74) is 2.33. The Morgan fingerprint density at radius 3 is 2.83 bits per heavy atom. The van der Waals surface area contributed by atoms with Crippen LogP contribution in [0.5, 0.6) is 0 Å². The number of anilines is 1. The van der Waals surface area contributed by atoms with E-state index in [0.29, 0.717) is 17.0 Å². The highest BCUT2D eigenvalue weighted by molar-refractivity contribution is 9.10. The van der Waals surface area contributed by atoms with E-state index < -0.39 is 0 Å². The molecule has 1 atom stereocenters. The average molecular weight is 484 g/mol. The second-order valence-electron chi connectivity index (χ2n) is 7.22. The van der Waals surface area contributed by atoms with Crippen molar-refractivity contribution in [1.82, 2.24) is 5.32 Å². The van der Waals surface area contributed by atoms with Crippen molar-refractivity contribution >= 4 is 66.3 Å². The summed E-state index contributed by atoms with van der Waals surface area (Å²) in [6.45, 7) is 2.23. The van der Waals surface area contributed by atoms with Crippen molar-refractivity contribution in [2.24, 2.45) is 5.92 Å². The summed E-state index contributed by atoms with van der Waals surface area (Å²) in [4.78, 5) is 14.1. The van der Waals surface area contributed by atoms with Crippen LogP contribution in [-0.4, -0.2) is 11.0 Å². The van der Waals surface area contributed by atoms with Crippen molar-refractivity contribution in [2.45, 2.75) is 26.2 Å². The minimum atomic E-state index is -0.278. The zero-order valence-corrected chi connectivity index (χ0v) is 18.9. The van der Waals surface area contributed by atoms with Gasteiger partial charge in [0.25, 0.3) is 5.91 Å². The van der Waals surface area contributed by atoms with Crippen LogP contribution >= 0.6 is 39.5 Å². The molecule has 0 radical (unpaired) electrons. The molecule has 1 heterocycles. The highest BCUT2D eigenvalue weighted by Gasteiger charge is 2.24. The Morgan fingerprint density at radius 2 is 2.03 bits per heavy atom. The number of thiophene rings is 1. The van der Waals surface area contributed by atoms with Gasteiger partial charge in [-0.1, -0.05) is 47.1 Å². The van der Waals surface area contributed by atoms with Crippen LogP contribution in [0.25, 0.3) is 10.8 Å². The molecule has 29 heavy (non-hydrogen) atoms. The van der Waals surface area contributed by atoms with Crippen LogP contribution in [0.3, 0.4) is 0 Å². The number of nitriles is 1. The largest absolute Gasteiger partial charge is 0.323 e. The van der Waals surface area contributed by atoms with Crippen molar-refractivity contribution in [1.29, 1.82) is 5.26 Å². The van der Waals surface area contributed by atoms with Crippen LogP contribution in [-0.2, 0) is 12.8 Å². The van der Waals surface area contributed by atoms with E-state index >= 15 is 0 Å². The summed E-state index contributed by atoms with van der Waals surface area (Å²) in [5.74, 6) is 0.345. The van der Waals surface area contributed by atoms with Crippen LogP contribution in [0.15, 0.2) is 40.9 Å². The number of rotatable bonds is 2. The van der Waals surface area contributed by atoms with Gasteiger partial charge in [-0.2, -0.15) is 5.26 Å². The van der Waals surface area contributed by atoms with Crippen molar-refractivity contribution in [3.63, 3.8) is 0 Å². The standard InChI is InChI=1S/C22H18BrN3OS2/c1-12-8-9-15-17(11-24)21(29-19(15)10-12)26-22(28)25-20(27)16-6-2-5-14-13(16)4-3-7-18(14)23/h2-7,12H,8-10H2,1H3,(H2,25,26,27,28)/t12-/m0/s1. The van der Waals surface area contributed by atoms with Gasteiger partial charge >= 0.3 is 0 Å². The van der Waals surface area contributed by atoms with E-state index in [4.69, 9.17) is 12.2 Å². The molecule has 1 amide bonds. The number of carbonyl (C=O) groups excluding carboxylic acids is 1. The first kappa shape index (κ1) is 20.0. The third-order valence-corrected chi connectivity index (χ3v) is 7.26. The summed E-state index contributed by atoms with van der Waals surface area (Å²) in [5, 5.41) is 18.2. The van der Waals surface area contributed by atoms with E-state index in [-0.39, 0.29) is 11.0 Å². The number of hydrogen-bond acceptors (Lipinski definition) is 4. The minimum absolute atomic E-state index is 0.199. The topological polar surface area (TPSA) is 64.9 Å². The zero-order chi connectivity index (χ0) is 20.5. The fourth-order valence-corrected chi connectivity index (χ4v) is 5.85. The molecule has 2 N–H and O–H groups in total. The second-order valence-corrected chi connectivity index (χ2v) is 9.58. The van der Waals surface area contributed by atoms with Crippen LogP contribution in [0.4, 0.5) is 5.00 Å². The first-order chi connectivity index (χ1) is 14.0. The monoisotopic (exact) mass is 483 g/mol. The summed E-state index contributed by atoms with van der Waals surface area (Å²) in [6, 6.07) is 13.6. The summed E-state index contributed by atoms with van der Waals surface area (Å²) in [7, 11) is 0. The highest BCUT2D eigenvalue weighted by atomic mass is 79.9. The van der Waals surface area contributed by atoms with E-state index in [9.17, 15) is 10.1 Å². The maximum absolute atomic E-state index is 12.8. The van der Waals surface area contributed by atoms with Gasteiger partial charge in [-0.3, -0.25) is 10.1 Å². The van der Waals surface area contributed by atoms with Crippen LogP contribution in [0.2, 0.25) is 0 Å². The Hall–Kier alpha value is -2.27. The molecule has 7 heteroatoms. The molecule has 1 aromatic heterocycles. The van der Waals surface area contributed by atoms with Crippen LogP contribution in [0.1, 0.15) is 39.7 Å². The first-order valence-corrected chi connectivity index (χ1v) is 11.3. The molecule has 0 aliphatic heterocycles. The molecule has 0 saturated heterocycles.